The van der Waals surface area contributed by atoms with Crippen molar-refractivity contribution in [1.82, 2.24) is 15.0 Å². The fourth-order valence-electron chi connectivity index (χ4n) is 2.67. The second-order valence-corrected chi connectivity index (χ2v) is 5.21. The van der Waals surface area contributed by atoms with Gasteiger partial charge in [-0.25, -0.2) is 15.0 Å². The van der Waals surface area contributed by atoms with Crippen molar-refractivity contribution < 1.29 is 4.74 Å². The Bertz CT molecular complexity index is 785. The smallest absolute Gasteiger partial charge is 0.180 e. The number of hydrogen-bond donors (Lipinski definition) is 0. The Hall–Kier alpha value is -2.53. The number of fused-ring (bicyclic) bond motifs is 1. The lowest BCUT2D eigenvalue weighted by molar-refractivity contribution is 0.122. The van der Waals surface area contributed by atoms with Crippen molar-refractivity contribution in [3.8, 4) is 11.3 Å². The summed E-state index contributed by atoms with van der Waals surface area (Å²) in [6.45, 7) is 3.09. The van der Waals surface area contributed by atoms with Crippen molar-refractivity contribution in [1.29, 1.82) is 0 Å². The van der Waals surface area contributed by atoms with Crippen LogP contribution in [0.3, 0.4) is 0 Å². The molecule has 110 valence electrons. The van der Waals surface area contributed by atoms with Gasteiger partial charge in [-0.15, -0.1) is 0 Å². The first-order chi connectivity index (χ1) is 10.9. The molecule has 1 aliphatic heterocycles. The Morgan fingerprint density at radius 3 is 2.55 bits per heavy atom. The number of pyridine rings is 1. The predicted octanol–water partition coefficient (Wildman–Crippen LogP) is 2.53. The van der Waals surface area contributed by atoms with E-state index in [9.17, 15) is 0 Å². The summed E-state index contributed by atoms with van der Waals surface area (Å²) in [6.07, 6.45) is 1.75. The van der Waals surface area contributed by atoms with E-state index in [1.165, 1.54) is 0 Å². The van der Waals surface area contributed by atoms with Gasteiger partial charge in [-0.1, -0.05) is 30.3 Å². The normalized spacial score (nSPS) is 15.2. The minimum atomic E-state index is 0.684. The van der Waals surface area contributed by atoms with Gasteiger partial charge >= 0.3 is 0 Å². The van der Waals surface area contributed by atoms with Crippen molar-refractivity contribution in [2.45, 2.75) is 0 Å². The Morgan fingerprint density at radius 2 is 1.73 bits per heavy atom. The maximum absolute atomic E-state index is 5.45. The first-order valence-electron chi connectivity index (χ1n) is 7.43. The van der Waals surface area contributed by atoms with Crippen molar-refractivity contribution in [3.05, 3.63) is 48.7 Å². The molecule has 0 bridgehead atoms. The SMILES string of the molecule is c1ccc(-c2nc3cccnc3nc2N2CCOCC2)cc1. The van der Waals surface area contributed by atoms with Crippen molar-refractivity contribution in [2.75, 3.05) is 31.2 Å². The molecule has 3 heterocycles. The maximum Gasteiger partial charge on any atom is 0.180 e. The van der Waals surface area contributed by atoms with Gasteiger partial charge in [0.2, 0.25) is 0 Å². The number of aromatic nitrogens is 3. The second-order valence-electron chi connectivity index (χ2n) is 5.21. The number of morpholine rings is 1. The molecular formula is C17H16N4O. The van der Waals surface area contributed by atoms with Gasteiger partial charge in [-0.2, -0.15) is 0 Å². The summed E-state index contributed by atoms with van der Waals surface area (Å²) in [5.41, 5.74) is 3.48. The van der Waals surface area contributed by atoms with Gasteiger partial charge in [0.25, 0.3) is 0 Å². The Morgan fingerprint density at radius 1 is 0.909 bits per heavy atom. The predicted molar refractivity (Wildman–Crippen MR) is 85.8 cm³/mol. The fourth-order valence-corrected chi connectivity index (χ4v) is 2.67. The number of anilines is 1. The van der Waals surface area contributed by atoms with E-state index in [-0.39, 0.29) is 0 Å². The summed E-state index contributed by atoms with van der Waals surface area (Å²) in [5, 5.41) is 0. The summed E-state index contributed by atoms with van der Waals surface area (Å²) >= 11 is 0. The molecule has 4 rings (SSSR count). The maximum atomic E-state index is 5.45. The molecule has 0 aliphatic carbocycles. The number of nitrogens with zero attached hydrogens (tertiary/aromatic N) is 4. The third kappa shape index (κ3) is 2.40. The number of hydrogen-bond acceptors (Lipinski definition) is 5. The Balaban J connectivity index is 1.91. The summed E-state index contributed by atoms with van der Waals surface area (Å²) in [4.78, 5) is 16.2. The molecule has 2 aromatic heterocycles. The highest BCUT2D eigenvalue weighted by Gasteiger charge is 2.19. The zero-order chi connectivity index (χ0) is 14.8. The van der Waals surface area contributed by atoms with Crippen LogP contribution < -0.4 is 4.90 Å². The quantitative estimate of drug-likeness (QED) is 0.726. The van der Waals surface area contributed by atoms with Gasteiger partial charge in [-0.3, -0.25) is 0 Å². The van der Waals surface area contributed by atoms with Gasteiger partial charge in [0, 0.05) is 24.8 Å². The minimum Gasteiger partial charge on any atom is -0.378 e. The lowest BCUT2D eigenvalue weighted by Gasteiger charge is -2.29. The molecular weight excluding hydrogens is 276 g/mol. The van der Waals surface area contributed by atoms with Crippen LogP contribution in [0, 0.1) is 0 Å². The van der Waals surface area contributed by atoms with Crippen LogP contribution in [-0.2, 0) is 4.74 Å². The van der Waals surface area contributed by atoms with Crippen LogP contribution in [0.15, 0.2) is 48.7 Å². The minimum absolute atomic E-state index is 0.684. The van der Waals surface area contributed by atoms with Crippen LogP contribution in [0.2, 0.25) is 0 Å². The molecule has 5 nitrogen and oxygen atoms in total. The highest BCUT2D eigenvalue weighted by Crippen LogP contribution is 2.29. The molecule has 5 heteroatoms. The molecule has 0 unspecified atom stereocenters. The molecule has 0 atom stereocenters. The van der Waals surface area contributed by atoms with E-state index in [4.69, 9.17) is 14.7 Å². The second kappa shape index (κ2) is 5.69. The van der Waals surface area contributed by atoms with E-state index in [2.05, 4.69) is 22.0 Å². The largest absolute Gasteiger partial charge is 0.378 e. The van der Waals surface area contributed by atoms with E-state index in [1.54, 1.807) is 6.20 Å². The van der Waals surface area contributed by atoms with E-state index in [1.807, 2.05) is 30.3 Å². The average Bonchev–Trinajstić information content (AvgIpc) is 2.62. The Labute approximate surface area is 128 Å². The zero-order valence-corrected chi connectivity index (χ0v) is 12.1. The van der Waals surface area contributed by atoms with Crippen LogP contribution in [0.25, 0.3) is 22.4 Å². The van der Waals surface area contributed by atoms with Crippen LogP contribution in [0.4, 0.5) is 5.82 Å². The third-order valence-corrected chi connectivity index (χ3v) is 3.78. The van der Waals surface area contributed by atoms with Gasteiger partial charge in [0.1, 0.15) is 11.2 Å². The molecule has 0 amide bonds. The lowest BCUT2D eigenvalue weighted by Crippen LogP contribution is -2.37. The summed E-state index contributed by atoms with van der Waals surface area (Å²) in [6, 6.07) is 14.0. The standard InChI is InChI=1S/C17H16N4O/c1-2-5-13(6-3-1)15-17(21-9-11-22-12-10-21)20-16-14(19-15)7-4-8-18-16/h1-8H,9-12H2. The highest BCUT2D eigenvalue weighted by molar-refractivity contribution is 5.81. The molecule has 0 spiro atoms. The zero-order valence-electron chi connectivity index (χ0n) is 12.1. The van der Waals surface area contributed by atoms with E-state index in [0.29, 0.717) is 5.65 Å². The first-order valence-corrected chi connectivity index (χ1v) is 7.43. The average molecular weight is 292 g/mol. The van der Waals surface area contributed by atoms with Crippen LogP contribution in [0.5, 0.6) is 0 Å². The molecule has 0 saturated carbocycles. The molecule has 1 saturated heterocycles. The van der Waals surface area contributed by atoms with Crippen molar-refractivity contribution >= 4 is 17.0 Å². The molecule has 1 aromatic carbocycles. The van der Waals surface area contributed by atoms with Crippen LogP contribution in [-0.4, -0.2) is 41.3 Å². The number of benzene rings is 1. The highest BCUT2D eigenvalue weighted by atomic mass is 16.5. The van der Waals surface area contributed by atoms with Gasteiger partial charge in [0.05, 0.1) is 13.2 Å². The molecule has 3 aromatic rings. The molecule has 1 aliphatic rings. The van der Waals surface area contributed by atoms with Crippen molar-refractivity contribution in [3.63, 3.8) is 0 Å². The van der Waals surface area contributed by atoms with Crippen LogP contribution >= 0.6 is 0 Å². The van der Waals surface area contributed by atoms with Gasteiger partial charge in [-0.05, 0) is 12.1 Å². The third-order valence-electron chi connectivity index (χ3n) is 3.78. The van der Waals surface area contributed by atoms with E-state index < -0.39 is 0 Å². The summed E-state index contributed by atoms with van der Waals surface area (Å²) < 4.78 is 5.45. The molecule has 0 N–H and O–H groups in total. The Kier molecular flexibility index (Phi) is 3.40. The monoisotopic (exact) mass is 292 g/mol. The van der Waals surface area contributed by atoms with E-state index in [0.717, 1.165) is 48.9 Å². The fraction of sp³-hybridized carbons (Fsp3) is 0.235. The lowest BCUT2D eigenvalue weighted by atomic mass is 10.1. The number of rotatable bonds is 2. The summed E-state index contributed by atoms with van der Waals surface area (Å²) in [7, 11) is 0. The molecule has 1 fully saturated rings. The van der Waals surface area contributed by atoms with Crippen molar-refractivity contribution in [2.24, 2.45) is 0 Å². The van der Waals surface area contributed by atoms with E-state index >= 15 is 0 Å². The van der Waals surface area contributed by atoms with Crippen LogP contribution in [0.1, 0.15) is 0 Å². The van der Waals surface area contributed by atoms with Gasteiger partial charge in [0.15, 0.2) is 11.5 Å². The topological polar surface area (TPSA) is 51.1 Å². The molecule has 0 radical (unpaired) electrons. The first kappa shape index (κ1) is 13.2. The van der Waals surface area contributed by atoms with Gasteiger partial charge < -0.3 is 9.64 Å². The number of ether oxygens (including phenoxy) is 1. The summed E-state index contributed by atoms with van der Waals surface area (Å²) in [5.74, 6) is 0.890. The molecule has 22 heavy (non-hydrogen) atoms.